The molecule has 8 heteroatoms. The number of likely N-dealkylation sites (tertiary alicyclic amines) is 1. The molecule has 0 aromatic heterocycles. The first-order valence-electron chi connectivity index (χ1n) is 10.3. The average molecular weight is 432 g/mol. The van der Waals surface area contributed by atoms with Crippen LogP contribution in [-0.2, 0) is 11.3 Å². The van der Waals surface area contributed by atoms with Crippen molar-refractivity contribution in [2.75, 3.05) is 26.9 Å². The van der Waals surface area contributed by atoms with Crippen molar-refractivity contribution in [1.82, 2.24) is 10.2 Å². The minimum atomic E-state index is -3.43. The smallest absolute Gasteiger partial charge is 0.321 e. The van der Waals surface area contributed by atoms with Crippen molar-refractivity contribution in [2.24, 2.45) is 0 Å². The molecule has 1 N–H and O–H groups in total. The van der Waals surface area contributed by atoms with Crippen molar-refractivity contribution < 1.29 is 27.8 Å². The topological polar surface area (TPSA) is 60.0 Å². The summed E-state index contributed by atoms with van der Waals surface area (Å²) in [5, 5.41) is 2.56. The molecule has 0 aliphatic carbocycles. The molecule has 0 spiro atoms. The van der Waals surface area contributed by atoms with E-state index in [0.29, 0.717) is 51.1 Å². The van der Waals surface area contributed by atoms with E-state index < -0.39 is 17.9 Å². The number of benzene rings is 2. The third kappa shape index (κ3) is 4.74. The molecule has 0 radical (unpaired) electrons. The Bertz CT molecular complexity index is 947. The van der Waals surface area contributed by atoms with E-state index in [0.717, 1.165) is 16.9 Å². The predicted molar refractivity (Wildman–Crippen MR) is 111 cm³/mol. The Morgan fingerprint density at radius 2 is 1.97 bits per heavy atom. The summed E-state index contributed by atoms with van der Waals surface area (Å²) < 4.78 is 43.8. The molecule has 2 aliphatic rings. The number of ether oxygens (including phenoxy) is 3. The SMILES string of the molecule is COc1cccc(CN2CCC(NC(=O)C(C)(F)F)C2c2ccc3c(c2)OCCO3)c1. The Morgan fingerprint density at radius 1 is 1.19 bits per heavy atom. The monoisotopic (exact) mass is 432 g/mol. The van der Waals surface area contributed by atoms with Gasteiger partial charge >= 0.3 is 5.92 Å². The van der Waals surface area contributed by atoms with Crippen molar-refractivity contribution in [3.8, 4) is 17.2 Å². The Morgan fingerprint density at radius 3 is 2.71 bits per heavy atom. The molecule has 6 nitrogen and oxygen atoms in total. The van der Waals surface area contributed by atoms with E-state index in [9.17, 15) is 13.6 Å². The van der Waals surface area contributed by atoms with Gasteiger partial charge in [-0.1, -0.05) is 18.2 Å². The van der Waals surface area contributed by atoms with Gasteiger partial charge in [-0.2, -0.15) is 8.78 Å². The van der Waals surface area contributed by atoms with Crippen LogP contribution in [0.2, 0.25) is 0 Å². The molecule has 0 bridgehead atoms. The van der Waals surface area contributed by atoms with E-state index in [1.165, 1.54) is 0 Å². The molecule has 1 amide bonds. The summed E-state index contributed by atoms with van der Waals surface area (Å²) >= 11 is 0. The highest BCUT2D eigenvalue weighted by Crippen LogP contribution is 2.39. The number of alkyl halides is 2. The van der Waals surface area contributed by atoms with Gasteiger partial charge in [-0.15, -0.1) is 0 Å². The number of nitrogens with zero attached hydrogens (tertiary/aromatic N) is 1. The number of fused-ring (bicyclic) bond motifs is 1. The van der Waals surface area contributed by atoms with Gasteiger partial charge in [0.25, 0.3) is 5.91 Å². The molecule has 2 heterocycles. The minimum absolute atomic E-state index is 0.284. The third-order valence-corrected chi connectivity index (χ3v) is 5.64. The lowest BCUT2D eigenvalue weighted by Gasteiger charge is -2.30. The van der Waals surface area contributed by atoms with E-state index in [1.807, 2.05) is 42.5 Å². The van der Waals surface area contributed by atoms with Crippen LogP contribution >= 0.6 is 0 Å². The van der Waals surface area contributed by atoms with Crippen molar-refractivity contribution >= 4 is 5.91 Å². The van der Waals surface area contributed by atoms with Crippen LogP contribution in [0.15, 0.2) is 42.5 Å². The summed E-state index contributed by atoms with van der Waals surface area (Å²) in [5.74, 6) is -2.65. The summed E-state index contributed by atoms with van der Waals surface area (Å²) in [5.41, 5.74) is 1.92. The lowest BCUT2D eigenvalue weighted by Crippen LogP contribution is -2.46. The van der Waals surface area contributed by atoms with E-state index in [-0.39, 0.29) is 6.04 Å². The highest BCUT2D eigenvalue weighted by molar-refractivity contribution is 5.83. The van der Waals surface area contributed by atoms with E-state index in [2.05, 4.69) is 10.2 Å². The molecule has 2 aromatic carbocycles. The number of rotatable bonds is 6. The van der Waals surface area contributed by atoms with Crippen LogP contribution in [0.25, 0.3) is 0 Å². The van der Waals surface area contributed by atoms with E-state index in [1.54, 1.807) is 7.11 Å². The highest BCUT2D eigenvalue weighted by Gasteiger charge is 2.41. The van der Waals surface area contributed by atoms with Gasteiger partial charge in [0.15, 0.2) is 11.5 Å². The molecule has 2 aliphatic heterocycles. The molecule has 2 atom stereocenters. The van der Waals surface area contributed by atoms with Crippen molar-refractivity contribution in [3.63, 3.8) is 0 Å². The fraction of sp³-hybridized carbons (Fsp3) is 0.435. The standard InChI is InChI=1S/C23H26F2N2O4/c1-23(24,25)22(28)26-18-8-9-27(14-15-4-3-5-17(12-15)29-2)21(18)16-6-7-19-20(13-16)31-11-10-30-19/h3-7,12-13,18,21H,8-11,14H2,1-2H3,(H,26,28). The Balaban J connectivity index is 1.63. The second-order valence-electron chi connectivity index (χ2n) is 7.93. The first-order valence-corrected chi connectivity index (χ1v) is 10.3. The maximum absolute atomic E-state index is 13.6. The molecule has 1 fully saturated rings. The molecule has 0 saturated carbocycles. The summed E-state index contributed by atoms with van der Waals surface area (Å²) in [6.07, 6.45) is 0.560. The zero-order valence-corrected chi connectivity index (χ0v) is 17.6. The van der Waals surface area contributed by atoms with E-state index in [4.69, 9.17) is 14.2 Å². The molecule has 1 saturated heterocycles. The third-order valence-electron chi connectivity index (χ3n) is 5.64. The lowest BCUT2D eigenvalue weighted by molar-refractivity contribution is -0.144. The quantitative estimate of drug-likeness (QED) is 0.757. The van der Waals surface area contributed by atoms with Crippen LogP contribution in [0.1, 0.15) is 30.5 Å². The second-order valence-corrected chi connectivity index (χ2v) is 7.93. The molecule has 166 valence electrons. The van der Waals surface area contributed by atoms with Gasteiger partial charge in [-0.05, 0) is 41.8 Å². The zero-order chi connectivity index (χ0) is 22.0. The predicted octanol–water partition coefficient (Wildman–Crippen LogP) is 3.55. The van der Waals surface area contributed by atoms with Gasteiger partial charge < -0.3 is 19.5 Å². The fourth-order valence-electron chi connectivity index (χ4n) is 4.17. The average Bonchev–Trinajstić information content (AvgIpc) is 3.14. The van der Waals surface area contributed by atoms with Crippen molar-refractivity contribution in [1.29, 1.82) is 0 Å². The summed E-state index contributed by atoms with van der Waals surface area (Å²) in [6, 6.07) is 12.6. The van der Waals surface area contributed by atoms with Gasteiger partial charge in [-0.25, -0.2) is 0 Å². The number of carbonyl (C=O) groups is 1. The van der Waals surface area contributed by atoms with E-state index >= 15 is 0 Å². The Labute approximate surface area is 180 Å². The van der Waals surface area contributed by atoms with Crippen LogP contribution in [0, 0.1) is 0 Å². The first kappa shape index (κ1) is 21.4. The van der Waals surface area contributed by atoms with Crippen LogP contribution in [0.4, 0.5) is 8.78 Å². The number of hydrogen-bond acceptors (Lipinski definition) is 5. The highest BCUT2D eigenvalue weighted by atomic mass is 19.3. The number of nitrogens with one attached hydrogen (secondary N) is 1. The van der Waals surface area contributed by atoms with Crippen LogP contribution in [-0.4, -0.2) is 49.6 Å². The number of methoxy groups -OCH3 is 1. The van der Waals surface area contributed by atoms with Crippen LogP contribution in [0.5, 0.6) is 17.2 Å². The molecule has 31 heavy (non-hydrogen) atoms. The number of amides is 1. The molecular formula is C23H26F2N2O4. The van der Waals surface area contributed by atoms with Gasteiger partial charge in [-0.3, -0.25) is 9.69 Å². The van der Waals surface area contributed by atoms with Crippen LogP contribution in [0.3, 0.4) is 0 Å². The first-order chi connectivity index (χ1) is 14.8. The van der Waals surface area contributed by atoms with Gasteiger partial charge in [0.05, 0.1) is 13.2 Å². The van der Waals surface area contributed by atoms with Gasteiger partial charge in [0.2, 0.25) is 0 Å². The maximum atomic E-state index is 13.6. The molecule has 2 aromatic rings. The molecule has 4 rings (SSSR count). The summed E-state index contributed by atoms with van der Waals surface area (Å²) in [6.45, 7) is 2.80. The normalized spacial score (nSPS) is 21.0. The Kier molecular flexibility index (Phi) is 6.00. The molecule has 2 unspecified atom stereocenters. The summed E-state index contributed by atoms with van der Waals surface area (Å²) in [7, 11) is 1.61. The minimum Gasteiger partial charge on any atom is -0.497 e. The number of halogens is 2. The van der Waals surface area contributed by atoms with Gasteiger partial charge in [0, 0.05) is 26.1 Å². The Hall–Kier alpha value is -2.87. The van der Waals surface area contributed by atoms with Crippen molar-refractivity contribution in [2.45, 2.75) is 37.9 Å². The zero-order valence-electron chi connectivity index (χ0n) is 17.6. The number of carbonyl (C=O) groups excluding carboxylic acids is 1. The second kappa shape index (κ2) is 8.70. The summed E-state index contributed by atoms with van der Waals surface area (Å²) in [4.78, 5) is 14.2. The van der Waals surface area contributed by atoms with Crippen molar-refractivity contribution in [3.05, 3.63) is 53.6 Å². The molecular weight excluding hydrogens is 406 g/mol. The van der Waals surface area contributed by atoms with Gasteiger partial charge in [0.1, 0.15) is 19.0 Å². The largest absolute Gasteiger partial charge is 0.497 e. The maximum Gasteiger partial charge on any atom is 0.321 e. The van der Waals surface area contributed by atoms with Crippen LogP contribution < -0.4 is 19.5 Å². The number of hydrogen-bond donors (Lipinski definition) is 1. The fourth-order valence-corrected chi connectivity index (χ4v) is 4.17. The lowest BCUT2D eigenvalue weighted by atomic mass is 9.98.